The molecule has 1 aromatic carbocycles. The van der Waals surface area contributed by atoms with Crippen molar-refractivity contribution >= 4 is 33.8 Å². The molecule has 1 aliphatic rings. The van der Waals surface area contributed by atoms with Gasteiger partial charge in [0.15, 0.2) is 11.5 Å². The molecule has 0 aliphatic carbocycles. The number of nitrogens with two attached hydrogens (primary N) is 1. The molecule has 1 saturated heterocycles. The van der Waals surface area contributed by atoms with Crippen LogP contribution in [-0.4, -0.2) is 43.7 Å². The minimum atomic E-state index is -0.703. The van der Waals surface area contributed by atoms with Crippen LogP contribution in [0.25, 0.3) is 16.6 Å². The number of carbonyl (C=O) groups excluding carboxylic acids is 1. The SMILES string of the molecule is CCn1cc2c(N3CCC(C)(N)C3)cc(F)c(C(=O)Nc3cc(F)c4nc(C)cn4c3)c2n1. The van der Waals surface area contributed by atoms with Gasteiger partial charge in [-0.15, -0.1) is 0 Å². The highest BCUT2D eigenvalue weighted by Crippen LogP contribution is 2.35. The highest BCUT2D eigenvalue weighted by Gasteiger charge is 2.32. The number of nitrogens with one attached hydrogen (secondary N) is 1. The largest absolute Gasteiger partial charge is 0.369 e. The first kappa shape index (κ1) is 21.3. The number of rotatable bonds is 4. The summed E-state index contributed by atoms with van der Waals surface area (Å²) in [4.78, 5) is 19.3. The van der Waals surface area contributed by atoms with Crippen molar-refractivity contribution in [2.45, 2.75) is 39.3 Å². The Morgan fingerprint density at radius 3 is 2.73 bits per heavy atom. The van der Waals surface area contributed by atoms with Crippen LogP contribution in [0.4, 0.5) is 20.2 Å². The van der Waals surface area contributed by atoms with Gasteiger partial charge < -0.3 is 20.4 Å². The number of aryl methyl sites for hydroxylation is 2. The fraction of sp³-hybridized carbons (Fsp3) is 0.348. The lowest BCUT2D eigenvalue weighted by molar-refractivity contribution is 0.102. The predicted molar refractivity (Wildman–Crippen MR) is 123 cm³/mol. The number of imidazole rings is 1. The van der Waals surface area contributed by atoms with Crippen LogP contribution in [0.1, 0.15) is 36.3 Å². The maximum absolute atomic E-state index is 15.4. The number of hydrogen-bond donors (Lipinski definition) is 2. The average molecular weight is 453 g/mol. The quantitative estimate of drug-likeness (QED) is 0.494. The number of pyridine rings is 1. The normalized spacial score (nSPS) is 18.5. The van der Waals surface area contributed by atoms with E-state index >= 15 is 4.39 Å². The molecule has 10 heteroatoms. The van der Waals surface area contributed by atoms with E-state index in [0.717, 1.165) is 6.42 Å². The van der Waals surface area contributed by atoms with E-state index in [1.165, 1.54) is 22.7 Å². The van der Waals surface area contributed by atoms with Crippen LogP contribution in [0.2, 0.25) is 0 Å². The van der Waals surface area contributed by atoms with Crippen LogP contribution < -0.4 is 16.0 Å². The minimum absolute atomic E-state index is 0.155. The molecule has 8 nitrogen and oxygen atoms in total. The molecule has 33 heavy (non-hydrogen) atoms. The molecular weight excluding hydrogens is 428 g/mol. The molecule has 1 amide bonds. The molecule has 5 rings (SSSR count). The third kappa shape index (κ3) is 3.70. The van der Waals surface area contributed by atoms with Crippen molar-refractivity contribution in [1.82, 2.24) is 19.2 Å². The van der Waals surface area contributed by atoms with Gasteiger partial charge in [0, 0.05) is 55.2 Å². The van der Waals surface area contributed by atoms with Crippen LogP contribution in [0.5, 0.6) is 0 Å². The van der Waals surface area contributed by atoms with Gasteiger partial charge in [0.1, 0.15) is 16.9 Å². The van der Waals surface area contributed by atoms with Crippen LogP contribution >= 0.6 is 0 Å². The van der Waals surface area contributed by atoms with Crippen molar-refractivity contribution in [2.75, 3.05) is 23.3 Å². The summed E-state index contributed by atoms with van der Waals surface area (Å²) >= 11 is 0. The number of benzene rings is 1. The van der Waals surface area contributed by atoms with Gasteiger partial charge in [0.05, 0.1) is 17.1 Å². The summed E-state index contributed by atoms with van der Waals surface area (Å²) in [6, 6.07) is 2.53. The molecule has 0 spiro atoms. The Morgan fingerprint density at radius 2 is 2.03 bits per heavy atom. The molecule has 4 heterocycles. The fourth-order valence-electron chi connectivity index (χ4n) is 4.45. The molecular formula is C23H25F2N7O. The Hall–Kier alpha value is -3.53. The molecule has 1 fully saturated rings. The van der Waals surface area contributed by atoms with E-state index in [2.05, 4.69) is 15.4 Å². The van der Waals surface area contributed by atoms with Gasteiger partial charge in [-0.25, -0.2) is 13.8 Å². The van der Waals surface area contributed by atoms with E-state index in [4.69, 9.17) is 5.73 Å². The number of fused-ring (bicyclic) bond motifs is 2. The second kappa shape index (κ2) is 7.51. The van der Waals surface area contributed by atoms with Crippen LogP contribution in [0.3, 0.4) is 0 Å². The average Bonchev–Trinajstić information content (AvgIpc) is 3.43. The molecule has 172 valence electrons. The maximum Gasteiger partial charge on any atom is 0.260 e. The lowest BCUT2D eigenvalue weighted by Gasteiger charge is -2.23. The van der Waals surface area contributed by atoms with Crippen molar-refractivity contribution in [3.63, 3.8) is 0 Å². The van der Waals surface area contributed by atoms with Gasteiger partial charge in [-0.1, -0.05) is 0 Å². The Balaban J connectivity index is 1.56. The Bertz CT molecular complexity index is 1410. The summed E-state index contributed by atoms with van der Waals surface area (Å²) in [6.07, 6.45) is 5.78. The first-order valence-electron chi connectivity index (χ1n) is 10.8. The van der Waals surface area contributed by atoms with Gasteiger partial charge in [-0.2, -0.15) is 5.10 Å². The highest BCUT2D eigenvalue weighted by molar-refractivity contribution is 6.14. The summed E-state index contributed by atoms with van der Waals surface area (Å²) in [5.74, 6) is -1.98. The number of carbonyl (C=O) groups is 1. The van der Waals surface area contributed by atoms with Crippen LogP contribution in [0.15, 0.2) is 30.7 Å². The van der Waals surface area contributed by atoms with Crippen molar-refractivity contribution in [1.29, 1.82) is 0 Å². The molecule has 0 saturated carbocycles. The Kier molecular flexibility index (Phi) is 4.86. The lowest BCUT2D eigenvalue weighted by Crippen LogP contribution is -2.39. The summed E-state index contributed by atoms with van der Waals surface area (Å²) in [6.45, 7) is 7.46. The van der Waals surface area contributed by atoms with E-state index in [-0.39, 0.29) is 28.0 Å². The molecule has 4 aromatic rings. The Labute approximate surface area is 189 Å². The molecule has 3 N–H and O–H groups in total. The van der Waals surface area contributed by atoms with Crippen LogP contribution in [-0.2, 0) is 6.54 Å². The summed E-state index contributed by atoms with van der Waals surface area (Å²) in [7, 11) is 0. The Morgan fingerprint density at radius 1 is 1.24 bits per heavy atom. The summed E-state index contributed by atoms with van der Waals surface area (Å²) in [5.41, 5.74) is 7.63. The number of halogens is 2. The molecule has 3 aromatic heterocycles. The van der Waals surface area contributed by atoms with Crippen molar-refractivity contribution in [3.8, 4) is 0 Å². The standard InChI is InChI=1S/C23H25F2N7O/c1-4-32-11-15-18(30-6-5-23(3,26)12-30)8-16(24)19(20(15)29-32)22(33)28-14-7-17(25)21-27-13(2)9-31(21)10-14/h7-11H,4-6,12,26H2,1-3H3,(H,28,33). The molecule has 1 unspecified atom stereocenters. The second-order valence-corrected chi connectivity index (χ2v) is 8.97. The smallest absolute Gasteiger partial charge is 0.260 e. The van der Waals surface area contributed by atoms with Gasteiger partial charge >= 0.3 is 0 Å². The van der Waals surface area contributed by atoms with Crippen molar-refractivity contribution in [3.05, 3.63) is 53.6 Å². The number of anilines is 2. The molecule has 1 aliphatic heterocycles. The second-order valence-electron chi connectivity index (χ2n) is 8.97. The van der Waals surface area contributed by atoms with Gasteiger partial charge in [0.25, 0.3) is 5.91 Å². The first-order valence-corrected chi connectivity index (χ1v) is 10.8. The molecule has 1 atom stereocenters. The first-order chi connectivity index (χ1) is 15.6. The van der Waals surface area contributed by atoms with Gasteiger partial charge in [0.2, 0.25) is 0 Å². The number of amides is 1. The molecule has 0 bridgehead atoms. The van der Waals surface area contributed by atoms with E-state index in [9.17, 15) is 9.18 Å². The summed E-state index contributed by atoms with van der Waals surface area (Å²) < 4.78 is 33.0. The van der Waals surface area contributed by atoms with E-state index in [1.54, 1.807) is 17.8 Å². The van der Waals surface area contributed by atoms with Gasteiger partial charge in [-0.3, -0.25) is 9.48 Å². The number of hydrogen-bond acceptors (Lipinski definition) is 5. The van der Waals surface area contributed by atoms with Crippen LogP contribution in [0, 0.1) is 18.6 Å². The van der Waals surface area contributed by atoms with Crippen molar-refractivity contribution < 1.29 is 13.6 Å². The fourth-order valence-corrected chi connectivity index (χ4v) is 4.45. The lowest BCUT2D eigenvalue weighted by atomic mass is 10.0. The summed E-state index contributed by atoms with van der Waals surface area (Å²) in [5, 5.41) is 7.75. The zero-order chi connectivity index (χ0) is 23.5. The molecule has 0 radical (unpaired) electrons. The van der Waals surface area contributed by atoms with E-state index < -0.39 is 17.5 Å². The number of aromatic nitrogens is 4. The van der Waals surface area contributed by atoms with Gasteiger partial charge in [-0.05, 0) is 33.3 Å². The highest BCUT2D eigenvalue weighted by atomic mass is 19.1. The van der Waals surface area contributed by atoms with E-state index in [1.807, 2.05) is 24.9 Å². The third-order valence-electron chi connectivity index (χ3n) is 6.06. The predicted octanol–water partition coefficient (Wildman–Crippen LogP) is 3.47. The zero-order valence-corrected chi connectivity index (χ0v) is 18.7. The zero-order valence-electron chi connectivity index (χ0n) is 18.7. The monoisotopic (exact) mass is 453 g/mol. The third-order valence-corrected chi connectivity index (χ3v) is 6.06. The maximum atomic E-state index is 15.4. The minimum Gasteiger partial charge on any atom is -0.369 e. The topological polar surface area (TPSA) is 93.5 Å². The van der Waals surface area contributed by atoms with E-state index in [0.29, 0.717) is 36.4 Å². The van der Waals surface area contributed by atoms with Crippen molar-refractivity contribution in [2.24, 2.45) is 5.73 Å². The number of nitrogens with zero attached hydrogens (tertiary/aromatic N) is 5.